The predicted octanol–water partition coefficient (Wildman–Crippen LogP) is 5.62. The van der Waals surface area contributed by atoms with E-state index in [4.69, 9.17) is 4.42 Å². The second-order valence-electron chi connectivity index (χ2n) is 5.03. The minimum atomic E-state index is -4.97. The van der Waals surface area contributed by atoms with E-state index in [2.05, 4.69) is 26.0 Å². The van der Waals surface area contributed by atoms with E-state index >= 15 is 0 Å². The molecule has 1 aromatic heterocycles. The average molecular weight is 436 g/mol. The van der Waals surface area contributed by atoms with Gasteiger partial charge < -0.3 is 14.5 Å². The Morgan fingerprint density at radius 2 is 1.88 bits per heavy atom. The first-order valence-electron chi connectivity index (χ1n) is 6.87. The van der Waals surface area contributed by atoms with Crippen molar-refractivity contribution in [3.8, 4) is 5.75 Å². The van der Waals surface area contributed by atoms with Gasteiger partial charge in [0.05, 0.1) is 15.7 Å². The molecule has 0 radical (unpaired) electrons. The van der Waals surface area contributed by atoms with Crippen molar-refractivity contribution >= 4 is 38.5 Å². The fourth-order valence-corrected chi connectivity index (χ4v) is 2.52. The van der Waals surface area contributed by atoms with Gasteiger partial charge in [0.25, 0.3) is 5.91 Å². The number of anilines is 1. The van der Waals surface area contributed by atoms with Crippen molar-refractivity contribution in [1.82, 2.24) is 0 Å². The summed E-state index contributed by atoms with van der Waals surface area (Å²) in [4.78, 5) is 12.3. The van der Waals surface area contributed by atoms with Crippen LogP contribution in [0.3, 0.4) is 0 Å². The molecule has 4 nitrogen and oxygen atoms in total. The fourth-order valence-electron chi connectivity index (χ4n) is 2.20. The number of alkyl halides is 3. The number of benzene rings is 2. The van der Waals surface area contributed by atoms with Crippen molar-refractivity contribution in [2.75, 3.05) is 5.32 Å². The van der Waals surface area contributed by atoms with Crippen molar-refractivity contribution in [2.24, 2.45) is 0 Å². The molecule has 0 aliphatic rings. The van der Waals surface area contributed by atoms with Crippen LogP contribution in [0.1, 0.15) is 10.4 Å². The third-order valence-corrected chi connectivity index (χ3v) is 3.91. The molecule has 2 aromatic carbocycles. The molecule has 1 N–H and O–H groups in total. The Hall–Kier alpha value is -2.62. The molecule has 0 saturated heterocycles. The van der Waals surface area contributed by atoms with Crippen molar-refractivity contribution in [3.63, 3.8) is 0 Å². The fraction of sp³-hybridized carbons (Fsp3) is 0.0625. The van der Waals surface area contributed by atoms with Gasteiger partial charge in [-0.15, -0.1) is 13.2 Å². The molecule has 1 heterocycles. The third-order valence-electron chi connectivity index (χ3n) is 3.30. The number of amides is 1. The lowest BCUT2D eigenvalue weighted by atomic mass is 10.1. The molecule has 10 heteroatoms. The summed E-state index contributed by atoms with van der Waals surface area (Å²) in [5.41, 5.74) is -0.851. The maximum Gasteiger partial charge on any atom is 0.573 e. The summed E-state index contributed by atoms with van der Waals surface area (Å²) in [5, 5.41) is 2.23. The highest BCUT2D eigenvalue weighted by Gasteiger charge is 2.31. The van der Waals surface area contributed by atoms with Crippen molar-refractivity contribution < 1.29 is 35.9 Å². The summed E-state index contributed by atoms with van der Waals surface area (Å²) in [6.45, 7) is 0. The molecule has 26 heavy (non-hydrogen) atoms. The Balaban J connectivity index is 1.91. The lowest BCUT2D eigenvalue weighted by Gasteiger charge is -2.11. The van der Waals surface area contributed by atoms with Gasteiger partial charge in [-0.05, 0) is 40.2 Å². The molecule has 0 aliphatic heterocycles. The summed E-state index contributed by atoms with van der Waals surface area (Å²) in [6.07, 6.45) is -4.01. The molecule has 136 valence electrons. The van der Waals surface area contributed by atoms with Crippen LogP contribution in [0.5, 0.6) is 5.75 Å². The molecule has 0 fully saturated rings. The number of fused-ring (bicyclic) bond motifs is 1. The number of rotatable bonds is 3. The Kier molecular flexibility index (Phi) is 4.61. The maximum atomic E-state index is 13.9. The summed E-state index contributed by atoms with van der Waals surface area (Å²) in [5.74, 6) is -3.31. The van der Waals surface area contributed by atoms with E-state index in [1.165, 1.54) is 12.1 Å². The van der Waals surface area contributed by atoms with Gasteiger partial charge in [0.1, 0.15) is 17.8 Å². The molecule has 1 amide bonds. The number of carbonyl (C=O) groups is 1. The normalized spacial score (nSPS) is 11.6. The van der Waals surface area contributed by atoms with Crippen LogP contribution in [0.25, 0.3) is 11.0 Å². The molecule has 0 bridgehead atoms. The van der Waals surface area contributed by atoms with E-state index in [9.17, 15) is 26.7 Å². The van der Waals surface area contributed by atoms with Gasteiger partial charge in [-0.2, -0.15) is 0 Å². The monoisotopic (exact) mass is 435 g/mol. The van der Waals surface area contributed by atoms with Crippen LogP contribution in [0.4, 0.5) is 27.6 Å². The van der Waals surface area contributed by atoms with Gasteiger partial charge in [-0.1, -0.05) is 0 Å². The number of carbonyl (C=O) groups excluding carboxylic acids is 1. The summed E-state index contributed by atoms with van der Waals surface area (Å²) in [6, 6.07) is 4.91. The zero-order chi connectivity index (χ0) is 19.1. The van der Waals surface area contributed by atoms with Crippen molar-refractivity contribution in [1.29, 1.82) is 0 Å². The van der Waals surface area contributed by atoms with Gasteiger partial charge >= 0.3 is 6.36 Å². The van der Waals surface area contributed by atoms with Gasteiger partial charge in [-0.25, -0.2) is 8.78 Å². The lowest BCUT2D eigenvalue weighted by molar-refractivity contribution is -0.274. The lowest BCUT2D eigenvalue weighted by Crippen LogP contribution is -2.18. The van der Waals surface area contributed by atoms with Gasteiger partial charge in [0, 0.05) is 11.5 Å². The van der Waals surface area contributed by atoms with Gasteiger partial charge in [-0.3, -0.25) is 4.79 Å². The highest BCUT2D eigenvalue weighted by molar-refractivity contribution is 9.10. The Morgan fingerprint density at radius 3 is 2.58 bits per heavy atom. The average Bonchev–Trinajstić information content (AvgIpc) is 2.97. The predicted molar refractivity (Wildman–Crippen MR) is 84.9 cm³/mol. The first-order chi connectivity index (χ1) is 12.2. The summed E-state index contributed by atoms with van der Waals surface area (Å²) in [7, 11) is 0. The molecule has 3 rings (SSSR count). The minimum absolute atomic E-state index is 0.117. The molecule has 0 aliphatic carbocycles. The summed E-state index contributed by atoms with van der Waals surface area (Å²) >= 11 is 2.97. The molecule has 0 spiro atoms. The first-order valence-corrected chi connectivity index (χ1v) is 7.67. The molecule has 3 aromatic rings. The number of halogens is 6. The van der Waals surface area contributed by atoms with Crippen LogP contribution in [-0.4, -0.2) is 12.3 Å². The topological polar surface area (TPSA) is 51.5 Å². The van der Waals surface area contributed by atoms with Crippen LogP contribution >= 0.6 is 15.9 Å². The third kappa shape index (κ3) is 3.64. The Morgan fingerprint density at radius 1 is 1.15 bits per heavy atom. The standard InChI is InChI=1S/C16H7BrF5NO3/c17-10-3-2-8-9(6-25-14(8)13(10)19)15(24)23-12-5-7(1-4-11(12)18)26-16(20,21)22/h1-6H,(H,23,24). The number of ether oxygens (including phenoxy) is 1. The zero-order valence-corrected chi connectivity index (χ0v) is 14.0. The van der Waals surface area contributed by atoms with Gasteiger partial charge in [0.15, 0.2) is 11.4 Å². The second kappa shape index (κ2) is 6.60. The van der Waals surface area contributed by atoms with E-state index in [0.717, 1.165) is 12.3 Å². The van der Waals surface area contributed by atoms with E-state index in [1.54, 1.807) is 0 Å². The number of furan rings is 1. The van der Waals surface area contributed by atoms with E-state index < -0.39 is 35.3 Å². The number of hydrogen-bond donors (Lipinski definition) is 1. The van der Waals surface area contributed by atoms with E-state index in [-0.39, 0.29) is 21.0 Å². The van der Waals surface area contributed by atoms with Gasteiger partial charge in [0.2, 0.25) is 0 Å². The Labute approximate surface area is 150 Å². The van der Waals surface area contributed by atoms with Crippen LogP contribution < -0.4 is 10.1 Å². The molecular formula is C16H7BrF5NO3. The quantitative estimate of drug-likeness (QED) is 0.542. The summed E-state index contributed by atoms with van der Waals surface area (Å²) < 4.78 is 73.3. The highest BCUT2D eigenvalue weighted by Crippen LogP contribution is 2.30. The van der Waals surface area contributed by atoms with Crippen molar-refractivity contribution in [2.45, 2.75) is 6.36 Å². The largest absolute Gasteiger partial charge is 0.573 e. The van der Waals surface area contributed by atoms with Crippen LogP contribution in [0.15, 0.2) is 45.5 Å². The molecule has 0 atom stereocenters. The smallest absolute Gasteiger partial charge is 0.460 e. The van der Waals surface area contributed by atoms with Crippen LogP contribution in [0.2, 0.25) is 0 Å². The molecular weight excluding hydrogens is 429 g/mol. The van der Waals surface area contributed by atoms with Crippen LogP contribution in [0, 0.1) is 11.6 Å². The van der Waals surface area contributed by atoms with Crippen molar-refractivity contribution in [3.05, 3.63) is 58.3 Å². The van der Waals surface area contributed by atoms with Crippen LogP contribution in [-0.2, 0) is 0 Å². The molecule has 0 unspecified atom stereocenters. The first kappa shape index (κ1) is 18.2. The highest BCUT2D eigenvalue weighted by atomic mass is 79.9. The zero-order valence-electron chi connectivity index (χ0n) is 12.5. The number of hydrogen-bond acceptors (Lipinski definition) is 3. The minimum Gasteiger partial charge on any atom is -0.460 e. The number of nitrogens with one attached hydrogen (secondary N) is 1. The van der Waals surface area contributed by atoms with E-state index in [0.29, 0.717) is 12.1 Å². The van der Waals surface area contributed by atoms with E-state index in [1.807, 2.05) is 0 Å². The SMILES string of the molecule is O=C(Nc1cc(OC(F)(F)F)ccc1F)c1coc2c(F)c(Br)ccc12. The Bertz CT molecular complexity index is 999. The second-order valence-corrected chi connectivity index (χ2v) is 5.89. The maximum absolute atomic E-state index is 13.9. The molecule has 0 saturated carbocycles.